The lowest BCUT2D eigenvalue weighted by Crippen LogP contribution is -2.28. The van der Waals surface area contributed by atoms with Crippen LogP contribution in [0.15, 0.2) is 67.3 Å². The monoisotopic (exact) mass is 281 g/mol. The van der Waals surface area contributed by atoms with Gasteiger partial charge in [0.15, 0.2) is 6.61 Å². The van der Waals surface area contributed by atoms with Crippen LogP contribution >= 0.6 is 0 Å². The Kier molecular flexibility index (Phi) is 5.59. The number of para-hydroxylation sites is 1. The summed E-state index contributed by atoms with van der Waals surface area (Å²) in [5, 5.41) is 2.69. The Bertz CT molecular complexity index is 593. The van der Waals surface area contributed by atoms with Crippen LogP contribution in [0.5, 0.6) is 5.75 Å². The van der Waals surface area contributed by atoms with Crippen LogP contribution in [0.1, 0.15) is 11.1 Å². The Morgan fingerprint density at radius 1 is 1.10 bits per heavy atom. The van der Waals surface area contributed by atoms with E-state index < -0.39 is 0 Å². The lowest BCUT2D eigenvalue weighted by Gasteiger charge is -2.11. The maximum atomic E-state index is 11.6. The van der Waals surface area contributed by atoms with Gasteiger partial charge >= 0.3 is 0 Å². The molecule has 2 rings (SSSR count). The Hall–Kier alpha value is -2.55. The highest BCUT2D eigenvalue weighted by Crippen LogP contribution is 2.21. The van der Waals surface area contributed by atoms with Crippen LogP contribution in [0, 0.1) is 0 Å². The van der Waals surface area contributed by atoms with E-state index in [2.05, 4.69) is 24.0 Å². The van der Waals surface area contributed by atoms with E-state index in [4.69, 9.17) is 4.74 Å². The molecule has 0 saturated carbocycles. The third kappa shape index (κ3) is 4.80. The molecule has 0 heterocycles. The van der Waals surface area contributed by atoms with Crippen molar-refractivity contribution in [2.24, 2.45) is 0 Å². The van der Waals surface area contributed by atoms with Gasteiger partial charge in [-0.15, -0.1) is 6.58 Å². The standard InChI is InChI=1S/C18H19NO2/c1-2-12-19-18(20)14-21-17-11-7-6-10-16(17)13-15-8-4-3-5-9-15/h2-11H,1,12-14H2,(H,19,20). The quantitative estimate of drug-likeness (QED) is 0.792. The van der Waals surface area contributed by atoms with Crippen molar-refractivity contribution >= 4 is 5.91 Å². The molecule has 0 aromatic heterocycles. The number of rotatable bonds is 7. The minimum Gasteiger partial charge on any atom is -0.483 e. The van der Waals surface area contributed by atoms with E-state index in [-0.39, 0.29) is 12.5 Å². The van der Waals surface area contributed by atoms with Gasteiger partial charge in [0.05, 0.1) is 0 Å². The molecule has 0 aliphatic rings. The Labute approximate surface area is 125 Å². The van der Waals surface area contributed by atoms with E-state index >= 15 is 0 Å². The maximum absolute atomic E-state index is 11.6. The fourth-order valence-electron chi connectivity index (χ4n) is 1.99. The lowest BCUT2D eigenvalue weighted by atomic mass is 10.0. The van der Waals surface area contributed by atoms with Gasteiger partial charge in [-0.2, -0.15) is 0 Å². The Balaban J connectivity index is 2.00. The van der Waals surface area contributed by atoms with Crippen LogP contribution in [-0.2, 0) is 11.2 Å². The highest BCUT2D eigenvalue weighted by molar-refractivity contribution is 5.77. The zero-order valence-corrected chi connectivity index (χ0v) is 11.9. The summed E-state index contributed by atoms with van der Waals surface area (Å²) in [6, 6.07) is 18.0. The number of carbonyl (C=O) groups excluding carboxylic acids is 1. The molecule has 1 amide bonds. The first kappa shape index (κ1) is 14.9. The maximum Gasteiger partial charge on any atom is 0.258 e. The second-order valence-electron chi connectivity index (χ2n) is 4.65. The number of nitrogens with one attached hydrogen (secondary N) is 1. The molecule has 21 heavy (non-hydrogen) atoms. The number of benzene rings is 2. The van der Waals surface area contributed by atoms with E-state index in [1.54, 1.807) is 6.08 Å². The van der Waals surface area contributed by atoms with Crippen molar-refractivity contribution in [2.45, 2.75) is 6.42 Å². The Morgan fingerprint density at radius 2 is 1.81 bits per heavy atom. The van der Waals surface area contributed by atoms with Gasteiger partial charge in [0.2, 0.25) is 0 Å². The molecule has 3 nitrogen and oxygen atoms in total. The number of hydrogen-bond donors (Lipinski definition) is 1. The van der Waals surface area contributed by atoms with Crippen LogP contribution < -0.4 is 10.1 Å². The number of ether oxygens (including phenoxy) is 1. The lowest BCUT2D eigenvalue weighted by molar-refractivity contribution is -0.122. The van der Waals surface area contributed by atoms with E-state index in [0.717, 1.165) is 17.7 Å². The first-order valence-electron chi connectivity index (χ1n) is 6.92. The molecular weight excluding hydrogens is 262 g/mol. The van der Waals surface area contributed by atoms with Crippen molar-refractivity contribution in [1.82, 2.24) is 5.32 Å². The summed E-state index contributed by atoms with van der Waals surface area (Å²) in [5.74, 6) is 0.597. The fraction of sp³-hybridized carbons (Fsp3) is 0.167. The molecular formula is C18H19NO2. The van der Waals surface area contributed by atoms with Gasteiger partial charge < -0.3 is 10.1 Å². The van der Waals surface area contributed by atoms with Crippen molar-refractivity contribution in [2.75, 3.05) is 13.2 Å². The smallest absolute Gasteiger partial charge is 0.258 e. The molecule has 0 unspecified atom stereocenters. The minimum atomic E-state index is -0.149. The van der Waals surface area contributed by atoms with Crippen LogP contribution in [0.3, 0.4) is 0 Å². The SMILES string of the molecule is C=CCNC(=O)COc1ccccc1Cc1ccccc1. The first-order valence-corrected chi connectivity index (χ1v) is 6.92. The molecule has 0 fully saturated rings. The van der Waals surface area contributed by atoms with Gasteiger partial charge in [-0.25, -0.2) is 0 Å². The number of hydrogen-bond acceptors (Lipinski definition) is 2. The van der Waals surface area contributed by atoms with Crippen LogP contribution in [0.4, 0.5) is 0 Å². The summed E-state index contributed by atoms with van der Waals surface area (Å²) in [4.78, 5) is 11.6. The van der Waals surface area contributed by atoms with Crippen molar-refractivity contribution in [3.63, 3.8) is 0 Å². The summed E-state index contributed by atoms with van der Waals surface area (Å²) in [7, 11) is 0. The summed E-state index contributed by atoms with van der Waals surface area (Å²) in [6.07, 6.45) is 2.42. The second-order valence-corrected chi connectivity index (χ2v) is 4.65. The van der Waals surface area contributed by atoms with Gasteiger partial charge in [-0.3, -0.25) is 4.79 Å². The van der Waals surface area contributed by atoms with Crippen molar-refractivity contribution in [3.8, 4) is 5.75 Å². The molecule has 0 atom stereocenters. The third-order valence-electron chi connectivity index (χ3n) is 3.01. The van der Waals surface area contributed by atoms with Gasteiger partial charge in [-0.05, 0) is 17.2 Å². The molecule has 0 bridgehead atoms. The molecule has 2 aromatic rings. The fourth-order valence-corrected chi connectivity index (χ4v) is 1.99. The predicted molar refractivity (Wildman–Crippen MR) is 84.4 cm³/mol. The predicted octanol–water partition coefficient (Wildman–Crippen LogP) is 2.96. The van der Waals surface area contributed by atoms with E-state index in [1.165, 1.54) is 5.56 Å². The minimum absolute atomic E-state index is 0.0135. The van der Waals surface area contributed by atoms with Gasteiger partial charge in [0.1, 0.15) is 5.75 Å². The zero-order valence-electron chi connectivity index (χ0n) is 11.9. The van der Waals surface area contributed by atoms with Gasteiger partial charge in [0, 0.05) is 13.0 Å². The van der Waals surface area contributed by atoms with Gasteiger partial charge in [0.25, 0.3) is 5.91 Å². The molecule has 0 aliphatic heterocycles. The molecule has 1 N–H and O–H groups in total. The molecule has 0 aliphatic carbocycles. The third-order valence-corrected chi connectivity index (χ3v) is 3.01. The second kappa shape index (κ2) is 7.90. The molecule has 0 saturated heterocycles. The average molecular weight is 281 g/mol. The molecule has 0 radical (unpaired) electrons. The first-order chi connectivity index (χ1) is 10.3. The molecule has 108 valence electrons. The highest BCUT2D eigenvalue weighted by atomic mass is 16.5. The summed E-state index contributed by atoms with van der Waals surface area (Å²) >= 11 is 0. The Morgan fingerprint density at radius 3 is 2.57 bits per heavy atom. The summed E-state index contributed by atoms with van der Waals surface area (Å²) in [6.45, 7) is 4.02. The van der Waals surface area contributed by atoms with Crippen LogP contribution in [0.2, 0.25) is 0 Å². The van der Waals surface area contributed by atoms with E-state index in [1.807, 2.05) is 42.5 Å². The molecule has 0 spiro atoms. The zero-order chi connectivity index (χ0) is 14.9. The topological polar surface area (TPSA) is 38.3 Å². The van der Waals surface area contributed by atoms with Gasteiger partial charge in [-0.1, -0.05) is 54.6 Å². The van der Waals surface area contributed by atoms with Crippen LogP contribution in [0.25, 0.3) is 0 Å². The normalized spacial score (nSPS) is 9.90. The van der Waals surface area contributed by atoms with E-state index in [0.29, 0.717) is 6.54 Å². The van der Waals surface area contributed by atoms with Crippen molar-refractivity contribution in [3.05, 3.63) is 78.4 Å². The molecule has 2 aromatic carbocycles. The van der Waals surface area contributed by atoms with Crippen molar-refractivity contribution in [1.29, 1.82) is 0 Å². The summed E-state index contributed by atoms with van der Waals surface area (Å²) in [5.41, 5.74) is 2.28. The van der Waals surface area contributed by atoms with Crippen LogP contribution in [-0.4, -0.2) is 19.1 Å². The van der Waals surface area contributed by atoms with E-state index in [9.17, 15) is 4.79 Å². The number of carbonyl (C=O) groups is 1. The largest absolute Gasteiger partial charge is 0.483 e. The summed E-state index contributed by atoms with van der Waals surface area (Å²) < 4.78 is 5.62. The number of amides is 1. The average Bonchev–Trinajstić information content (AvgIpc) is 2.53. The van der Waals surface area contributed by atoms with Crippen molar-refractivity contribution < 1.29 is 9.53 Å². The molecule has 3 heteroatoms. The highest BCUT2D eigenvalue weighted by Gasteiger charge is 2.06.